The van der Waals surface area contributed by atoms with Gasteiger partial charge in [0.05, 0.1) is 56.8 Å². The lowest BCUT2D eigenvalue weighted by atomic mass is 10.1. The van der Waals surface area contributed by atoms with E-state index in [0.29, 0.717) is 0 Å². The Morgan fingerprint density at radius 2 is 0.850 bits per heavy atom. The second-order valence-electron chi connectivity index (χ2n) is 12.6. The molecule has 4 atom stereocenters. The molecule has 310 valence electrons. The number of hydrogen-bond acceptors (Lipinski definition) is 17. The van der Waals surface area contributed by atoms with Crippen LogP contribution in [0.3, 0.4) is 0 Å². The Kier molecular flexibility index (Phi) is 13.2. The first-order valence-corrected chi connectivity index (χ1v) is 17.9. The van der Waals surface area contributed by atoms with Gasteiger partial charge >= 0.3 is 35.8 Å². The zero-order valence-electron chi connectivity index (χ0n) is 32.2. The van der Waals surface area contributed by atoms with E-state index in [4.69, 9.17) is 52.1 Å². The topological polar surface area (TPSA) is 204 Å². The minimum absolute atomic E-state index is 0.00114. The van der Waals surface area contributed by atoms with Crippen molar-refractivity contribution in [2.75, 3.05) is 34.5 Å². The van der Waals surface area contributed by atoms with Crippen molar-refractivity contribution in [2.24, 2.45) is 0 Å². The fourth-order valence-corrected chi connectivity index (χ4v) is 5.96. The molecule has 6 rings (SSSR count). The van der Waals surface area contributed by atoms with Crippen LogP contribution < -0.4 is 33.2 Å². The van der Waals surface area contributed by atoms with Crippen LogP contribution in [0.4, 0.5) is 0 Å². The van der Waals surface area contributed by atoms with E-state index in [1.54, 1.807) is 0 Å². The molecule has 2 heterocycles. The van der Waals surface area contributed by atoms with E-state index in [9.17, 15) is 28.8 Å². The molecule has 2 aliphatic heterocycles. The van der Waals surface area contributed by atoms with Gasteiger partial charge in [-0.3, -0.25) is 0 Å². The summed E-state index contributed by atoms with van der Waals surface area (Å²) in [6.45, 7) is 6.58. The molecular weight excluding hydrogens is 788 g/mol. The molecule has 4 aromatic carbocycles. The molecule has 0 saturated carbocycles. The Morgan fingerprint density at radius 1 is 0.483 bits per heavy atom. The quantitative estimate of drug-likeness (QED) is 0.0890. The van der Waals surface area contributed by atoms with Crippen LogP contribution in [0.5, 0.6) is 40.2 Å². The van der Waals surface area contributed by atoms with Crippen molar-refractivity contribution in [1.29, 1.82) is 0 Å². The predicted octanol–water partition coefficient (Wildman–Crippen LogP) is 4.88. The Morgan fingerprint density at radius 3 is 1.27 bits per heavy atom. The van der Waals surface area contributed by atoms with Crippen molar-refractivity contribution >= 4 is 35.8 Å². The molecule has 60 heavy (non-hydrogen) atoms. The van der Waals surface area contributed by atoms with Crippen LogP contribution in [0.1, 0.15) is 41.4 Å². The monoisotopic (exact) mass is 824 g/mol. The number of hydrogen-bond donors (Lipinski definition) is 0. The van der Waals surface area contributed by atoms with Gasteiger partial charge in [0.2, 0.25) is 0 Å². The summed E-state index contributed by atoms with van der Waals surface area (Å²) < 4.78 is 60.2. The lowest BCUT2D eigenvalue weighted by Gasteiger charge is -2.18. The van der Waals surface area contributed by atoms with E-state index >= 15 is 0 Å². The number of ether oxygens (including phenoxy) is 11. The van der Waals surface area contributed by atoms with Gasteiger partial charge < -0.3 is 52.1 Å². The first-order chi connectivity index (χ1) is 28.9. The first-order valence-electron chi connectivity index (χ1n) is 17.9. The molecule has 0 aromatic heterocycles. The van der Waals surface area contributed by atoms with Gasteiger partial charge in [0.25, 0.3) is 0 Å². The second kappa shape index (κ2) is 18.8. The maximum absolute atomic E-state index is 13.3. The molecule has 0 radical (unpaired) electrons. The van der Waals surface area contributed by atoms with Crippen molar-refractivity contribution in [1.82, 2.24) is 0 Å². The highest BCUT2D eigenvalue weighted by molar-refractivity contribution is 5.95. The molecular formula is C43H36O17. The molecule has 17 nitrogen and oxygen atoms in total. The minimum atomic E-state index is -0.856. The molecule has 0 aliphatic carbocycles. The minimum Gasteiger partial charge on any atom is -0.493 e. The molecule has 2 fully saturated rings. The van der Waals surface area contributed by atoms with Gasteiger partial charge in [0.15, 0.2) is 46.7 Å². The number of esters is 6. The fourth-order valence-electron chi connectivity index (χ4n) is 5.96. The zero-order valence-corrected chi connectivity index (χ0v) is 32.2. The Bertz CT molecular complexity index is 2330. The molecule has 0 spiro atoms. The third kappa shape index (κ3) is 9.61. The normalized spacial score (nSPS) is 17.5. The van der Waals surface area contributed by atoms with Gasteiger partial charge in [0.1, 0.15) is 18.0 Å². The number of rotatable bonds is 15. The van der Waals surface area contributed by atoms with E-state index in [1.807, 2.05) is 0 Å². The first kappa shape index (κ1) is 42.1. The molecule has 17 heteroatoms. The van der Waals surface area contributed by atoms with E-state index in [1.165, 1.54) is 100 Å². The summed E-state index contributed by atoms with van der Waals surface area (Å²) in [6, 6.07) is 17.9. The Balaban J connectivity index is 1.03. The highest BCUT2D eigenvalue weighted by atomic mass is 16.7. The van der Waals surface area contributed by atoms with Gasteiger partial charge in [-0.1, -0.05) is 13.2 Å². The lowest BCUT2D eigenvalue weighted by molar-refractivity contribution is -0.129. The number of carbonyl (C=O) groups excluding carboxylic acids is 6. The Labute approximate surface area is 341 Å². The summed E-state index contributed by atoms with van der Waals surface area (Å²) in [5.74, 6) is -3.85. The second-order valence-corrected chi connectivity index (χ2v) is 12.6. The number of benzene rings is 4. The summed E-state index contributed by atoms with van der Waals surface area (Å²) in [7, 11) is 4.00. The molecule has 4 aromatic rings. The average molecular weight is 825 g/mol. The number of methoxy groups -OCH3 is 3. The van der Waals surface area contributed by atoms with Crippen LogP contribution >= 0.6 is 0 Å². The fraction of sp³-hybridized carbons (Fsp3) is 0.209. The predicted molar refractivity (Wildman–Crippen MR) is 205 cm³/mol. The maximum Gasteiger partial charge on any atom is 0.343 e. The summed E-state index contributed by atoms with van der Waals surface area (Å²) >= 11 is 0. The van der Waals surface area contributed by atoms with Gasteiger partial charge in [-0.15, -0.1) is 0 Å². The maximum atomic E-state index is 13.3. The SMILES string of the molecule is C=CC(=O)Oc1ccc(C(=O)Oc2ccc(C(=O)O[C@@H]3CO[C@@H]4[C@@H]3OC[C@H]4OC(=O)c3ccc(OC(=O)c4ccc(OC(=O)C=C)c(OC)c4)c(OC)c3)cc2OC)cc1. The van der Waals surface area contributed by atoms with Gasteiger partial charge in [-0.2, -0.15) is 0 Å². The van der Waals surface area contributed by atoms with Crippen molar-refractivity contribution in [3.05, 3.63) is 126 Å². The van der Waals surface area contributed by atoms with Gasteiger partial charge in [-0.05, 0) is 78.9 Å². The molecule has 0 N–H and O–H groups in total. The molecule has 0 amide bonds. The highest BCUT2D eigenvalue weighted by Gasteiger charge is 2.51. The largest absolute Gasteiger partial charge is 0.493 e. The van der Waals surface area contributed by atoms with Crippen LogP contribution in [0.25, 0.3) is 0 Å². The number of carbonyl (C=O) groups is 6. The average Bonchev–Trinajstić information content (AvgIpc) is 3.86. The summed E-state index contributed by atoms with van der Waals surface area (Å²) in [5.41, 5.74) is 0.375. The van der Waals surface area contributed by atoms with Crippen LogP contribution in [-0.2, 0) is 28.5 Å². The third-order valence-electron chi connectivity index (χ3n) is 8.94. The molecule has 0 bridgehead atoms. The van der Waals surface area contributed by atoms with E-state index < -0.39 is 60.2 Å². The van der Waals surface area contributed by atoms with Gasteiger partial charge in [-0.25, -0.2) is 28.8 Å². The Hall–Kier alpha value is -7.50. The van der Waals surface area contributed by atoms with Crippen molar-refractivity contribution in [3.63, 3.8) is 0 Å². The van der Waals surface area contributed by atoms with Crippen molar-refractivity contribution in [2.45, 2.75) is 24.4 Å². The van der Waals surface area contributed by atoms with Crippen molar-refractivity contribution < 1.29 is 80.9 Å². The number of fused-ring (bicyclic) bond motifs is 1. The van der Waals surface area contributed by atoms with E-state index in [-0.39, 0.29) is 75.7 Å². The summed E-state index contributed by atoms with van der Waals surface area (Å²) in [4.78, 5) is 75.3. The van der Waals surface area contributed by atoms with Crippen LogP contribution in [0.15, 0.2) is 104 Å². The van der Waals surface area contributed by atoms with Crippen LogP contribution in [-0.4, -0.2) is 94.8 Å². The summed E-state index contributed by atoms with van der Waals surface area (Å²) in [5, 5.41) is 0. The molecule has 0 unspecified atom stereocenters. The smallest absolute Gasteiger partial charge is 0.343 e. The summed E-state index contributed by atoms with van der Waals surface area (Å²) in [6.07, 6.45) is -1.22. The highest BCUT2D eigenvalue weighted by Crippen LogP contribution is 2.35. The standard InChI is InChI=1S/C43H36O17/c1-6-36(44)55-27-13-8-23(9-14-27)40(46)57-29-16-11-25(19-32(29)51-4)42(48)59-34-21-53-39-35(22-54-38(34)39)60-43(49)26-12-17-30(33(20-26)52-5)58-41(47)24-10-15-28(31(18-24)50-3)56-37(45)7-2/h6-20,34-35,38-39H,1-2,21-22H2,3-5H3/t34-,35-,38-,39+/m1/s1. The zero-order chi connectivity index (χ0) is 42.9. The molecule has 2 saturated heterocycles. The van der Waals surface area contributed by atoms with E-state index in [0.717, 1.165) is 12.2 Å². The molecule has 2 aliphatic rings. The lowest BCUT2D eigenvalue weighted by Crippen LogP contribution is -2.36. The van der Waals surface area contributed by atoms with Crippen molar-refractivity contribution in [3.8, 4) is 40.2 Å². The third-order valence-corrected chi connectivity index (χ3v) is 8.94. The van der Waals surface area contributed by atoms with Gasteiger partial charge in [0, 0.05) is 12.2 Å². The van der Waals surface area contributed by atoms with Crippen LogP contribution in [0.2, 0.25) is 0 Å². The van der Waals surface area contributed by atoms with E-state index in [2.05, 4.69) is 13.2 Å². The van der Waals surface area contributed by atoms with Crippen LogP contribution in [0, 0.1) is 0 Å².